The van der Waals surface area contributed by atoms with Gasteiger partial charge in [-0.05, 0) is 19.8 Å². The molecule has 0 saturated heterocycles. The molecule has 0 radical (unpaired) electrons. The van der Waals surface area contributed by atoms with Gasteiger partial charge in [0.15, 0.2) is 4.34 Å². The molecule has 0 fully saturated rings. The molecule has 1 aromatic carbocycles. The summed E-state index contributed by atoms with van der Waals surface area (Å²) in [5.41, 5.74) is 3.34. The van der Waals surface area contributed by atoms with Crippen LogP contribution in [-0.2, 0) is 4.79 Å². The highest BCUT2D eigenvalue weighted by Crippen LogP contribution is 2.28. The third-order valence-corrected chi connectivity index (χ3v) is 5.53. The molecule has 5 heteroatoms. The molecule has 1 aromatic heterocycles. The molecule has 0 aliphatic carbocycles. The molecule has 0 spiro atoms. The van der Waals surface area contributed by atoms with Crippen molar-refractivity contribution in [1.29, 1.82) is 0 Å². The van der Waals surface area contributed by atoms with E-state index in [0.29, 0.717) is 5.75 Å². The Morgan fingerprint density at radius 3 is 2.59 bits per heavy atom. The molecular formula is C17H22N2OS2. The van der Waals surface area contributed by atoms with Crippen LogP contribution in [0.1, 0.15) is 32.3 Å². The zero-order chi connectivity index (χ0) is 15.9. The number of aromatic nitrogens is 1. The molecule has 1 amide bonds. The molecule has 0 bridgehead atoms. The van der Waals surface area contributed by atoms with E-state index < -0.39 is 0 Å². The summed E-state index contributed by atoms with van der Waals surface area (Å²) < 4.78 is 0.940. The van der Waals surface area contributed by atoms with Gasteiger partial charge in [-0.25, -0.2) is 4.98 Å². The van der Waals surface area contributed by atoms with Crippen LogP contribution in [0.3, 0.4) is 0 Å². The minimum Gasteiger partial charge on any atom is -0.353 e. The molecular weight excluding hydrogens is 312 g/mol. The number of hydrogen-bond acceptors (Lipinski definition) is 4. The maximum Gasteiger partial charge on any atom is 0.230 e. The number of carbonyl (C=O) groups is 1. The first-order chi connectivity index (χ1) is 10.6. The topological polar surface area (TPSA) is 42.0 Å². The lowest BCUT2D eigenvalue weighted by molar-refractivity contribution is -0.119. The largest absolute Gasteiger partial charge is 0.353 e. The maximum absolute atomic E-state index is 11.9. The molecule has 3 nitrogen and oxygen atoms in total. The van der Waals surface area contributed by atoms with Crippen molar-refractivity contribution >= 4 is 29.0 Å². The Morgan fingerprint density at radius 1 is 1.27 bits per heavy atom. The van der Waals surface area contributed by atoms with Crippen molar-refractivity contribution in [3.63, 3.8) is 0 Å². The van der Waals surface area contributed by atoms with Crippen molar-refractivity contribution in [3.05, 3.63) is 35.2 Å². The van der Waals surface area contributed by atoms with Crippen LogP contribution in [0.5, 0.6) is 0 Å². The number of rotatable bonds is 7. The zero-order valence-corrected chi connectivity index (χ0v) is 14.9. The molecule has 0 unspecified atom stereocenters. The van der Waals surface area contributed by atoms with E-state index in [9.17, 15) is 4.79 Å². The highest BCUT2D eigenvalue weighted by molar-refractivity contribution is 8.01. The number of hydrogen-bond donors (Lipinski definition) is 1. The first-order valence-electron chi connectivity index (χ1n) is 7.57. The standard InChI is InChI=1S/C17H22N2OS2/c1-4-14(5-2)18-16(20)11-22-17-19-15(10-21-17)13-8-6-12(3)7-9-13/h6-10,14H,4-5,11H2,1-3H3,(H,18,20). The first-order valence-corrected chi connectivity index (χ1v) is 9.43. The van der Waals surface area contributed by atoms with Crippen LogP contribution in [0.25, 0.3) is 11.3 Å². The number of aryl methyl sites for hydroxylation is 1. The number of benzene rings is 1. The summed E-state index contributed by atoms with van der Waals surface area (Å²) in [6.45, 7) is 6.26. The SMILES string of the molecule is CCC(CC)NC(=O)CSc1nc(-c2ccc(C)cc2)cs1. The Hall–Kier alpha value is -1.33. The molecule has 2 aromatic rings. The summed E-state index contributed by atoms with van der Waals surface area (Å²) in [4.78, 5) is 16.5. The zero-order valence-electron chi connectivity index (χ0n) is 13.3. The summed E-state index contributed by atoms with van der Waals surface area (Å²) in [5, 5.41) is 5.10. The van der Waals surface area contributed by atoms with E-state index in [1.54, 1.807) is 11.3 Å². The van der Waals surface area contributed by atoms with Gasteiger partial charge in [0.1, 0.15) is 0 Å². The van der Waals surface area contributed by atoms with Gasteiger partial charge in [0.25, 0.3) is 0 Å². The molecule has 0 atom stereocenters. The average Bonchev–Trinajstić information content (AvgIpc) is 3.00. The normalized spacial score (nSPS) is 10.9. The molecule has 1 heterocycles. The van der Waals surface area contributed by atoms with E-state index in [2.05, 4.69) is 55.3 Å². The van der Waals surface area contributed by atoms with Crippen LogP contribution in [0, 0.1) is 6.92 Å². The van der Waals surface area contributed by atoms with Crippen LogP contribution in [0.2, 0.25) is 0 Å². The predicted octanol–water partition coefficient (Wildman–Crippen LogP) is 4.52. The third kappa shape index (κ3) is 4.85. The van der Waals surface area contributed by atoms with Gasteiger partial charge in [-0.15, -0.1) is 11.3 Å². The first kappa shape index (κ1) is 17.0. The van der Waals surface area contributed by atoms with Crippen molar-refractivity contribution in [2.24, 2.45) is 0 Å². The van der Waals surface area contributed by atoms with Gasteiger partial charge in [-0.1, -0.05) is 55.4 Å². The molecule has 1 N–H and O–H groups in total. The number of nitrogens with zero attached hydrogens (tertiary/aromatic N) is 1. The van der Waals surface area contributed by atoms with E-state index in [4.69, 9.17) is 0 Å². The molecule has 118 valence electrons. The highest BCUT2D eigenvalue weighted by Gasteiger charge is 2.11. The van der Waals surface area contributed by atoms with E-state index in [-0.39, 0.29) is 11.9 Å². The van der Waals surface area contributed by atoms with Crippen LogP contribution < -0.4 is 5.32 Å². The Morgan fingerprint density at radius 2 is 1.95 bits per heavy atom. The molecule has 22 heavy (non-hydrogen) atoms. The van der Waals surface area contributed by atoms with Crippen molar-refractivity contribution in [2.45, 2.75) is 44.0 Å². The smallest absolute Gasteiger partial charge is 0.230 e. The summed E-state index contributed by atoms with van der Waals surface area (Å²) in [7, 11) is 0. The maximum atomic E-state index is 11.9. The number of amides is 1. The highest BCUT2D eigenvalue weighted by atomic mass is 32.2. The van der Waals surface area contributed by atoms with Gasteiger partial charge >= 0.3 is 0 Å². The van der Waals surface area contributed by atoms with Crippen LogP contribution in [0.4, 0.5) is 0 Å². The molecule has 0 aliphatic rings. The number of nitrogens with one attached hydrogen (secondary N) is 1. The lowest BCUT2D eigenvalue weighted by Gasteiger charge is -2.13. The van der Waals surface area contributed by atoms with Crippen molar-refractivity contribution in [3.8, 4) is 11.3 Å². The van der Waals surface area contributed by atoms with Crippen molar-refractivity contribution in [1.82, 2.24) is 10.3 Å². The molecule has 0 saturated carbocycles. The Labute approximate surface area is 140 Å². The predicted molar refractivity (Wildman–Crippen MR) is 95.5 cm³/mol. The Bertz CT molecular complexity index is 603. The van der Waals surface area contributed by atoms with E-state index in [1.165, 1.54) is 17.3 Å². The van der Waals surface area contributed by atoms with Gasteiger partial charge in [-0.3, -0.25) is 4.79 Å². The number of carbonyl (C=O) groups excluding carboxylic acids is 1. The fourth-order valence-electron chi connectivity index (χ4n) is 2.07. The molecule has 2 rings (SSSR count). The summed E-state index contributed by atoms with van der Waals surface area (Å²) >= 11 is 3.10. The van der Waals surface area contributed by atoms with E-state index >= 15 is 0 Å². The monoisotopic (exact) mass is 334 g/mol. The van der Waals surface area contributed by atoms with Crippen molar-refractivity contribution < 1.29 is 4.79 Å². The van der Waals surface area contributed by atoms with E-state index in [0.717, 1.165) is 28.4 Å². The van der Waals surface area contributed by atoms with Gasteiger partial charge in [0.05, 0.1) is 11.4 Å². The van der Waals surface area contributed by atoms with Gasteiger partial charge in [0, 0.05) is 17.0 Å². The summed E-state index contributed by atoms with van der Waals surface area (Å²) in [6.07, 6.45) is 1.95. The minimum absolute atomic E-state index is 0.0887. The number of thiazole rings is 1. The molecule has 0 aliphatic heterocycles. The third-order valence-electron chi connectivity index (χ3n) is 3.51. The quantitative estimate of drug-likeness (QED) is 0.757. The second-order valence-corrected chi connectivity index (χ2v) is 7.31. The van der Waals surface area contributed by atoms with Crippen LogP contribution >= 0.6 is 23.1 Å². The summed E-state index contributed by atoms with van der Waals surface area (Å²) in [5.74, 6) is 0.517. The fraction of sp³-hybridized carbons (Fsp3) is 0.412. The Kier molecular flexibility index (Phi) is 6.46. The average molecular weight is 335 g/mol. The second-order valence-electron chi connectivity index (χ2n) is 5.23. The Balaban J connectivity index is 1.89. The lowest BCUT2D eigenvalue weighted by atomic mass is 10.1. The second kappa shape index (κ2) is 8.34. The number of thioether (sulfide) groups is 1. The van der Waals surface area contributed by atoms with E-state index in [1.807, 2.05) is 5.38 Å². The van der Waals surface area contributed by atoms with Gasteiger partial charge in [0.2, 0.25) is 5.91 Å². The van der Waals surface area contributed by atoms with Gasteiger partial charge < -0.3 is 5.32 Å². The van der Waals surface area contributed by atoms with Crippen LogP contribution in [-0.4, -0.2) is 22.7 Å². The van der Waals surface area contributed by atoms with Gasteiger partial charge in [-0.2, -0.15) is 0 Å². The fourth-order valence-corrected chi connectivity index (χ4v) is 3.72. The summed E-state index contributed by atoms with van der Waals surface area (Å²) in [6, 6.07) is 8.62. The van der Waals surface area contributed by atoms with Crippen molar-refractivity contribution in [2.75, 3.05) is 5.75 Å². The van der Waals surface area contributed by atoms with Crippen LogP contribution in [0.15, 0.2) is 34.0 Å². The minimum atomic E-state index is 0.0887. The lowest BCUT2D eigenvalue weighted by Crippen LogP contribution is -2.34.